The predicted molar refractivity (Wildman–Crippen MR) is 49.5 cm³/mol. The summed E-state index contributed by atoms with van der Waals surface area (Å²) in [4.78, 5) is 3.99. The molecule has 1 unspecified atom stereocenters. The molecule has 0 fully saturated rings. The second-order valence-electron chi connectivity index (χ2n) is 2.92. The van der Waals surface area contributed by atoms with Crippen LogP contribution in [-0.2, 0) is 13.2 Å². The van der Waals surface area contributed by atoms with Crippen molar-refractivity contribution < 1.29 is 14.9 Å². The Kier molecular flexibility index (Phi) is 3.45. The first-order valence-electron chi connectivity index (χ1n) is 4.27. The van der Waals surface area contributed by atoms with Crippen molar-refractivity contribution >= 4 is 0 Å². The van der Waals surface area contributed by atoms with Gasteiger partial charge >= 0.3 is 0 Å². The van der Waals surface area contributed by atoms with E-state index < -0.39 is 0 Å². The minimum atomic E-state index is -0.361. The zero-order chi connectivity index (χ0) is 10.7. The number of methoxy groups -OCH3 is 1. The molecule has 0 aliphatic heterocycles. The van der Waals surface area contributed by atoms with Gasteiger partial charge < -0.3 is 20.7 Å². The maximum absolute atomic E-state index is 9.11. The fourth-order valence-electron chi connectivity index (χ4n) is 1.35. The van der Waals surface area contributed by atoms with Crippen molar-refractivity contribution in [1.29, 1.82) is 0 Å². The van der Waals surface area contributed by atoms with E-state index >= 15 is 0 Å². The first kappa shape index (κ1) is 11.0. The summed E-state index contributed by atoms with van der Waals surface area (Å²) in [6, 6.07) is 0.299. The molecule has 0 aliphatic carbocycles. The van der Waals surface area contributed by atoms with Crippen LogP contribution in [0.5, 0.6) is 6.01 Å². The van der Waals surface area contributed by atoms with Crippen molar-refractivity contribution in [2.75, 3.05) is 7.11 Å². The quantitative estimate of drug-likeness (QED) is 0.602. The Hall–Kier alpha value is -1.11. The highest BCUT2D eigenvalue weighted by atomic mass is 16.5. The van der Waals surface area contributed by atoms with Gasteiger partial charge in [-0.1, -0.05) is 0 Å². The largest absolute Gasteiger partial charge is 0.468 e. The Morgan fingerprint density at radius 1 is 1.50 bits per heavy atom. The van der Waals surface area contributed by atoms with E-state index in [1.807, 2.05) is 0 Å². The van der Waals surface area contributed by atoms with E-state index in [1.54, 1.807) is 11.5 Å². The number of ether oxygens (including phenoxy) is 1. The molecule has 0 saturated heterocycles. The Bertz CT molecular complexity index is 309. The Morgan fingerprint density at radius 3 is 2.50 bits per heavy atom. The molecule has 1 aromatic heterocycles. The molecule has 0 saturated carbocycles. The molecule has 1 aromatic rings. The Morgan fingerprint density at radius 2 is 2.14 bits per heavy atom. The van der Waals surface area contributed by atoms with Crippen molar-refractivity contribution in [3.05, 3.63) is 11.4 Å². The molecule has 14 heavy (non-hydrogen) atoms. The number of imidazole rings is 1. The van der Waals surface area contributed by atoms with Gasteiger partial charge in [0.2, 0.25) is 0 Å². The first-order valence-corrected chi connectivity index (χ1v) is 4.27. The molecule has 1 atom stereocenters. The number of rotatable bonds is 4. The molecule has 80 valence electrons. The summed E-state index contributed by atoms with van der Waals surface area (Å²) in [6.45, 7) is 1.27. The molecular formula is C8H15N3O3. The smallest absolute Gasteiger partial charge is 0.297 e. The van der Waals surface area contributed by atoms with Crippen LogP contribution in [0.4, 0.5) is 0 Å². The van der Waals surface area contributed by atoms with Crippen LogP contribution < -0.4 is 10.5 Å². The van der Waals surface area contributed by atoms with Gasteiger partial charge in [-0.25, -0.2) is 0 Å². The minimum absolute atomic E-state index is 0.228. The highest BCUT2D eigenvalue weighted by molar-refractivity contribution is 5.20. The fraction of sp³-hybridized carbons (Fsp3) is 0.625. The van der Waals surface area contributed by atoms with E-state index in [-0.39, 0.29) is 19.4 Å². The highest BCUT2D eigenvalue weighted by Crippen LogP contribution is 2.21. The predicted octanol–water partition coefficient (Wildman–Crippen LogP) is -0.647. The molecule has 0 radical (unpaired) electrons. The summed E-state index contributed by atoms with van der Waals surface area (Å²) in [6.07, 6.45) is -0.361. The van der Waals surface area contributed by atoms with Gasteiger partial charge in [-0.15, -0.1) is 0 Å². The fourth-order valence-corrected chi connectivity index (χ4v) is 1.35. The summed E-state index contributed by atoms with van der Waals surface area (Å²) < 4.78 is 6.53. The van der Waals surface area contributed by atoms with E-state index in [2.05, 4.69) is 4.98 Å². The molecule has 0 aromatic carbocycles. The highest BCUT2D eigenvalue weighted by Gasteiger charge is 2.18. The van der Waals surface area contributed by atoms with Crippen molar-refractivity contribution in [1.82, 2.24) is 9.55 Å². The van der Waals surface area contributed by atoms with Gasteiger partial charge in [0, 0.05) is 0 Å². The van der Waals surface area contributed by atoms with Crippen LogP contribution in [0.25, 0.3) is 0 Å². The summed E-state index contributed by atoms with van der Waals surface area (Å²) in [7, 11) is 1.46. The molecule has 4 N–H and O–H groups in total. The molecular weight excluding hydrogens is 186 g/mol. The second-order valence-corrected chi connectivity index (χ2v) is 2.92. The Balaban J connectivity index is 3.26. The lowest BCUT2D eigenvalue weighted by Crippen LogP contribution is -2.18. The molecule has 1 rings (SSSR count). The number of hydrogen-bond acceptors (Lipinski definition) is 5. The van der Waals surface area contributed by atoms with Crippen LogP contribution in [-0.4, -0.2) is 26.9 Å². The standard InChI is InChI=1S/C8H15N3O3/c1-5(9)11-7(4-13)6(3-12)10-8(11)14-2/h5,12-13H,3-4,9H2,1-2H3. The molecule has 6 heteroatoms. The van der Waals surface area contributed by atoms with Gasteiger partial charge in [-0.3, -0.25) is 4.57 Å². The molecule has 0 amide bonds. The third-order valence-corrected chi connectivity index (χ3v) is 1.95. The third kappa shape index (κ3) is 1.72. The Labute approximate surface area is 81.9 Å². The van der Waals surface area contributed by atoms with Crippen LogP contribution in [0, 0.1) is 0 Å². The average molecular weight is 201 g/mol. The third-order valence-electron chi connectivity index (χ3n) is 1.95. The summed E-state index contributed by atoms with van der Waals surface area (Å²) in [5.41, 5.74) is 6.56. The van der Waals surface area contributed by atoms with Gasteiger partial charge in [0.25, 0.3) is 6.01 Å². The monoisotopic (exact) mass is 201 g/mol. The maximum Gasteiger partial charge on any atom is 0.297 e. The van der Waals surface area contributed by atoms with Crippen molar-refractivity contribution in [2.45, 2.75) is 26.3 Å². The van der Waals surface area contributed by atoms with Gasteiger partial charge in [0.05, 0.1) is 37.9 Å². The summed E-state index contributed by atoms with van der Waals surface area (Å²) >= 11 is 0. The zero-order valence-electron chi connectivity index (χ0n) is 8.27. The lowest BCUT2D eigenvalue weighted by atomic mass is 10.3. The van der Waals surface area contributed by atoms with Crippen molar-refractivity contribution in [2.24, 2.45) is 5.73 Å². The van der Waals surface area contributed by atoms with E-state index in [0.29, 0.717) is 17.4 Å². The van der Waals surface area contributed by atoms with Crippen molar-refractivity contribution in [3.63, 3.8) is 0 Å². The van der Waals surface area contributed by atoms with E-state index in [4.69, 9.17) is 20.7 Å². The van der Waals surface area contributed by atoms with Gasteiger partial charge in [0.1, 0.15) is 0 Å². The van der Waals surface area contributed by atoms with Gasteiger partial charge in [-0.05, 0) is 6.92 Å². The number of aromatic nitrogens is 2. The van der Waals surface area contributed by atoms with Crippen LogP contribution in [0.1, 0.15) is 24.5 Å². The zero-order valence-corrected chi connectivity index (χ0v) is 8.27. The normalized spacial score (nSPS) is 12.9. The lowest BCUT2D eigenvalue weighted by molar-refractivity contribution is 0.246. The number of nitrogens with two attached hydrogens (primary N) is 1. The van der Waals surface area contributed by atoms with E-state index in [9.17, 15) is 0 Å². The minimum Gasteiger partial charge on any atom is -0.468 e. The summed E-state index contributed by atoms with van der Waals surface area (Å²) in [5.74, 6) is 0. The lowest BCUT2D eigenvalue weighted by Gasteiger charge is -2.13. The van der Waals surface area contributed by atoms with Crippen LogP contribution in [0.15, 0.2) is 0 Å². The van der Waals surface area contributed by atoms with Crippen LogP contribution in [0.2, 0.25) is 0 Å². The molecule has 0 spiro atoms. The van der Waals surface area contributed by atoms with Crippen LogP contribution >= 0.6 is 0 Å². The van der Waals surface area contributed by atoms with Crippen LogP contribution in [0.3, 0.4) is 0 Å². The molecule has 0 aliphatic rings. The maximum atomic E-state index is 9.11. The number of aliphatic hydroxyl groups excluding tert-OH is 2. The van der Waals surface area contributed by atoms with E-state index in [0.717, 1.165) is 0 Å². The molecule has 0 bridgehead atoms. The molecule has 6 nitrogen and oxygen atoms in total. The average Bonchev–Trinajstić information content (AvgIpc) is 2.54. The number of aliphatic hydroxyl groups is 2. The number of nitrogens with zero attached hydrogens (tertiary/aromatic N) is 2. The summed E-state index contributed by atoms with van der Waals surface area (Å²) in [5, 5.41) is 18.1. The van der Waals surface area contributed by atoms with E-state index in [1.165, 1.54) is 7.11 Å². The second kappa shape index (κ2) is 4.41. The first-order chi connectivity index (χ1) is 6.65. The molecule has 1 heterocycles. The van der Waals surface area contributed by atoms with Gasteiger partial charge in [0.15, 0.2) is 0 Å². The SMILES string of the molecule is COc1nc(CO)c(CO)n1C(C)N. The topological polar surface area (TPSA) is 93.5 Å². The number of hydrogen-bond donors (Lipinski definition) is 3. The van der Waals surface area contributed by atoms with Crippen molar-refractivity contribution in [3.8, 4) is 6.01 Å². The van der Waals surface area contributed by atoms with Gasteiger partial charge in [-0.2, -0.15) is 4.98 Å².